The average Bonchev–Trinajstić information content (AvgIpc) is 2.66. The van der Waals surface area contributed by atoms with Crippen LogP contribution in [0.15, 0.2) is 48.5 Å². The molecule has 2 rings (SSSR count). The predicted octanol–water partition coefficient (Wildman–Crippen LogP) is 4.16. The highest BCUT2D eigenvalue weighted by atomic mass is 35.5. The topological polar surface area (TPSA) is 75.7 Å². The van der Waals surface area contributed by atoms with Crippen LogP contribution in [0.4, 0.5) is 5.69 Å². The number of halogens is 1. The zero-order valence-corrected chi connectivity index (χ0v) is 18.6. The third kappa shape index (κ3) is 6.11. The third-order valence-electron chi connectivity index (χ3n) is 4.46. The van der Waals surface area contributed by atoms with Crippen LogP contribution < -0.4 is 14.4 Å². The molecule has 0 aliphatic carbocycles. The Morgan fingerprint density at radius 3 is 2.17 bits per heavy atom. The quantitative estimate of drug-likeness (QED) is 0.637. The zero-order valence-electron chi connectivity index (χ0n) is 17.1. The summed E-state index contributed by atoms with van der Waals surface area (Å²) in [6, 6.07) is 12.7. The molecule has 2 aromatic carbocycles. The van der Waals surface area contributed by atoms with Crippen molar-refractivity contribution in [1.29, 1.82) is 0 Å². The van der Waals surface area contributed by atoms with Gasteiger partial charge in [0, 0.05) is 5.02 Å². The Hall–Kier alpha value is -2.25. The monoisotopic (exact) mass is 438 g/mol. The number of anilines is 1. The summed E-state index contributed by atoms with van der Waals surface area (Å²) in [7, 11) is -3.69. The van der Waals surface area contributed by atoms with Gasteiger partial charge >= 0.3 is 0 Å². The minimum Gasteiger partial charge on any atom is -0.494 e. The van der Waals surface area contributed by atoms with Crippen LogP contribution in [0.3, 0.4) is 0 Å². The molecule has 0 unspecified atom stereocenters. The van der Waals surface area contributed by atoms with Crippen molar-refractivity contribution in [2.45, 2.75) is 39.3 Å². The summed E-state index contributed by atoms with van der Waals surface area (Å²) in [5.74, 6) is 0.390. The number of nitrogens with one attached hydrogen (secondary N) is 1. The summed E-state index contributed by atoms with van der Waals surface area (Å²) >= 11 is 5.92. The lowest BCUT2D eigenvalue weighted by Gasteiger charge is -2.31. The largest absolute Gasteiger partial charge is 0.494 e. The van der Waals surface area contributed by atoms with Gasteiger partial charge in [0.15, 0.2) is 0 Å². The molecular weight excluding hydrogens is 412 g/mol. The van der Waals surface area contributed by atoms with Crippen molar-refractivity contribution in [2.75, 3.05) is 17.2 Å². The maximum absolute atomic E-state index is 13.0. The van der Waals surface area contributed by atoms with Crippen molar-refractivity contribution in [3.63, 3.8) is 0 Å². The molecule has 158 valence electrons. The fourth-order valence-corrected chi connectivity index (χ4v) is 4.40. The van der Waals surface area contributed by atoms with E-state index in [0.717, 1.165) is 21.9 Å². The van der Waals surface area contributed by atoms with E-state index in [1.807, 2.05) is 38.1 Å². The minimum atomic E-state index is -3.69. The molecule has 0 spiro atoms. The van der Waals surface area contributed by atoms with Crippen molar-refractivity contribution < 1.29 is 17.9 Å². The maximum Gasteiger partial charge on any atom is 0.244 e. The van der Waals surface area contributed by atoms with Crippen LogP contribution in [0, 0.1) is 0 Å². The van der Waals surface area contributed by atoms with Gasteiger partial charge < -0.3 is 10.1 Å². The van der Waals surface area contributed by atoms with E-state index in [0.29, 0.717) is 23.7 Å². The first-order valence-corrected chi connectivity index (χ1v) is 11.7. The number of amides is 1. The maximum atomic E-state index is 13.0. The Morgan fingerprint density at radius 1 is 1.10 bits per heavy atom. The van der Waals surface area contributed by atoms with Gasteiger partial charge in [-0.2, -0.15) is 0 Å². The smallest absolute Gasteiger partial charge is 0.244 e. The van der Waals surface area contributed by atoms with E-state index in [1.165, 1.54) is 0 Å². The number of ether oxygens (including phenoxy) is 1. The molecular formula is C21H27ClN2O4S. The molecule has 0 fully saturated rings. The lowest BCUT2D eigenvalue weighted by atomic mass is 10.1. The number of carbonyl (C=O) groups excluding carboxylic acids is 1. The summed E-state index contributed by atoms with van der Waals surface area (Å²) in [5.41, 5.74) is 1.29. The van der Waals surface area contributed by atoms with Crippen molar-refractivity contribution in [3.05, 3.63) is 59.1 Å². The molecule has 0 saturated carbocycles. The Labute approximate surface area is 177 Å². The van der Waals surface area contributed by atoms with E-state index in [4.69, 9.17) is 16.3 Å². The Bertz CT molecular complexity index is 915. The van der Waals surface area contributed by atoms with Gasteiger partial charge in [-0.1, -0.05) is 30.7 Å². The van der Waals surface area contributed by atoms with Gasteiger partial charge in [-0.3, -0.25) is 9.10 Å². The predicted molar refractivity (Wildman–Crippen MR) is 117 cm³/mol. The highest BCUT2D eigenvalue weighted by molar-refractivity contribution is 7.92. The van der Waals surface area contributed by atoms with Crippen LogP contribution in [0.25, 0.3) is 0 Å². The molecule has 0 aliphatic heterocycles. The van der Waals surface area contributed by atoms with Gasteiger partial charge in [0.05, 0.1) is 24.6 Å². The van der Waals surface area contributed by atoms with Crippen molar-refractivity contribution >= 4 is 33.2 Å². The second kappa shape index (κ2) is 9.98. The normalized spacial score (nSPS) is 13.4. The molecule has 0 saturated heterocycles. The molecule has 0 bridgehead atoms. The molecule has 1 amide bonds. The minimum absolute atomic E-state index is 0.293. The summed E-state index contributed by atoms with van der Waals surface area (Å²) in [6.07, 6.45) is 1.41. The molecule has 0 heterocycles. The SMILES string of the molecule is CCOc1ccc([C@H](C)NC(=O)[C@H](CC)N(c2ccc(Cl)cc2)S(C)(=O)=O)cc1. The first kappa shape index (κ1) is 23.0. The third-order valence-corrected chi connectivity index (χ3v) is 5.89. The summed E-state index contributed by atoms with van der Waals surface area (Å²) < 4.78 is 31.5. The molecule has 0 aromatic heterocycles. The molecule has 2 aromatic rings. The first-order valence-electron chi connectivity index (χ1n) is 9.45. The summed E-state index contributed by atoms with van der Waals surface area (Å²) in [6.45, 7) is 6.12. The number of benzene rings is 2. The van der Waals surface area contributed by atoms with Crippen molar-refractivity contribution in [1.82, 2.24) is 5.32 Å². The van der Waals surface area contributed by atoms with E-state index in [2.05, 4.69) is 5.32 Å². The molecule has 2 atom stereocenters. The lowest BCUT2D eigenvalue weighted by molar-refractivity contribution is -0.122. The zero-order chi connectivity index (χ0) is 21.6. The van der Waals surface area contributed by atoms with Gasteiger partial charge in [0.1, 0.15) is 11.8 Å². The molecule has 0 radical (unpaired) electrons. The van der Waals surface area contributed by atoms with Gasteiger partial charge in [-0.25, -0.2) is 8.42 Å². The number of hydrogen-bond acceptors (Lipinski definition) is 4. The molecule has 0 aliphatic rings. The average molecular weight is 439 g/mol. The second-order valence-corrected chi connectivity index (χ2v) is 8.99. The molecule has 1 N–H and O–H groups in total. The van der Waals surface area contributed by atoms with Gasteiger partial charge in [-0.05, 0) is 62.2 Å². The van der Waals surface area contributed by atoms with E-state index >= 15 is 0 Å². The van der Waals surface area contributed by atoms with Gasteiger partial charge in [-0.15, -0.1) is 0 Å². The highest BCUT2D eigenvalue weighted by Crippen LogP contribution is 2.25. The first-order chi connectivity index (χ1) is 13.7. The fraction of sp³-hybridized carbons (Fsp3) is 0.381. The fourth-order valence-electron chi connectivity index (χ4n) is 3.06. The standard InChI is InChI=1S/C21H27ClN2O4S/c1-5-20(24(29(4,26)27)18-11-9-17(22)10-12-18)21(25)23-15(3)16-7-13-19(14-8-16)28-6-2/h7-15,20H,5-6H2,1-4H3,(H,23,25)/t15-,20-/m0/s1. The van der Waals surface area contributed by atoms with Gasteiger partial charge in [0.25, 0.3) is 0 Å². The molecule has 6 nitrogen and oxygen atoms in total. The molecule has 8 heteroatoms. The number of rotatable bonds is 9. The van der Waals surface area contributed by atoms with E-state index in [-0.39, 0.29) is 11.9 Å². The summed E-state index contributed by atoms with van der Waals surface area (Å²) in [5, 5.41) is 3.41. The Morgan fingerprint density at radius 2 is 1.69 bits per heavy atom. The van der Waals surface area contributed by atoms with Crippen LogP contribution >= 0.6 is 11.6 Å². The second-order valence-electron chi connectivity index (χ2n) is 6.69. The van der Waals surface area contributed by atoms with Crippen molar-refractivity contribution in [3.8, 4) is 5.75 Å². The van der Waals surface area contributed by atoms with Crippen LogP contribution in [-0.2, 0) is 14.8 Å². The van der Waals surface area contributed by atoms with E-state index in [9.17, 15) is 13.2 Å². The number of nitrogens with zero attached hydrogens (tertiary/aromatic N) is 1. The molecule has 29 heavy (non-hydrogen) atoms. The van der Waals surface area contributed by atoms with Crippen LogP contribution in [0.2, 0.25) is 5.02 Å². The Balaban J connectivity index is 2.23. The van der Waals surface area contributed by atoms with Crippen LogP contribution in [0.5, 0.6) is 5.75 Å². The number of hydrogen-bond donors (Lipinski definition) is 1. The number of sulfonamides is 1. The van der Waals surface area contributed by atoms with E-state index in [1.54, 1.807) is 31.2 Å². The highest BCUT2D eigenvalue weighted by Gasteiger charge is 2.32. The lowest BCUT2D eigenvalue weighted by Crippen LogP contribution is -2.49. The summed E-state index contributed by atoms with van der Waals surface area (Å²) in [4.78, 5) is 13.0. The van der Waals surface area contributed by atoms with Crippen LogP contribution in [0.1, 0.15) is 38.8 Å². The van der Waals surface area contributed by atoms with Crippen LogP contribution in [-0.4, -0.2) is 33.2 Å². The number of carbonyl (C=O) groups is 1. The van der Waals surface area contributed by atoms with Crippen molar-refractivity contribution in [2.24, 2.45) is 0 Å². The Kier molecular flexibility index (Phi) is 7.93. The van der Waals surface area contributed by atoms with E-state index < -0.39 is 16.1 Å². The van der Waals surface area contributed by atoms with Gasteiger partial charge in [0.2, 0.25) is 15.9 Å².